The number of piperidine rings is 2. The number of fused-ring (bicyclic) bond motifs is 4. The number of carbonyl (C=O) groups is 1. The van der Waals surface area contributed by atoms with E-state index in [9.17, 15) is 4.79 Å². The summed E-state index contributed by atoms with van der Waals surface area (Å²) < 4.78 is 1.07. The molecule has 0 saturated carbocycles. The Hall–Kier alpha value is -2.18. The zero-order valence-corrected chi connectivity index (χ0v) is 20.8. The molecule has 172 valence electrons. The quantitative estimate of drug-likeness (QED) is 0.559. The highest BCUT2D eigenvalue weighted by Gasteiger charge is 2.60. The number of rotatable bonds is 2. The first kappa shape index (κ1) is 21.4. The van der Waals surface area contributed by atoms with Crippen molar-refractivity contribution in [3.8, 4) is 0 Å². The highest BCUT2D eigenvalue weighted by atomic mass is 79.9. The van der Waals surface area contributed by atoms with Gasteiger partial charge in [0.15, 0.2) is 0 Å². The molecule has 4 aliphatic heterocycles. The third-order valence-electron chi connectivity index (χ3n) is 8.34. The Morgan fingerprint density at radius 2 is 1.82 bits per heavy atom. The molecule has 33 heavy (non-hydrogen) atoms. The summed E-state index contributed by atoms with van der Waals surface area (Å²) in [5.41, 5.74) is 3.74. The number of benzene rings is 2. The molecule has 2 saturated heterocycles. The summed E-state index contributed by atoms with van der Waals surface area (Å²) in [6, 6.07) is 17.2. The summed E-state index contributed by atoms with van der Waals surface area (Å²) in [6.45, 7) is 5.47. The van der Waals surface area contributed by atoms with Gasteiger partial charge in [-0.1, -0.05) is 40.5 Å². The van der Waals surface area contributed by atoms with E-state index in [0.29, 0.717) is 12.5 Å². The van der Waals surface area contributed by atoms with Gasteiger partial charge >= 0.3 is 0 Å². The van der Waals surface area contributed by atoms with E-state index < -0.39 is 5.41 Å². The number of hydrazone groups is 1. The SMILES string of the molecule is CC1=NN(c2ccccc2)C(=O)[C@]12Cc1cc(Br)ccc1N1CC[C@@H](N3CCCCC3)C[C@@H]12. The van der Waals surface area contributed by atoms with Gasteiger partial charge in [-0.3, -0.25) is 4.79 Å². The Morgan fingerprint density at radius 1 is 1.03 bits per heavy atom. The largest absolute Gasteiger partial charge is 0.367 e. The van der Waals surface area contributed by atoms with Crippen LogP contribution in [0.4, 0.5) is 11.4 Å². The van der Waals surface area contributed by atoms with Crippen molar-refractivity contribution < 1.29 is 4.79 Å². The van der Waals surface area contributed by atoms with Crippen molar-refractivity contribution in [2.24, 2.45) is 10.5 Å². The lowest BCUT2D eigenvalue weighted by Gasteiger charge is -2.54. The van der Waals surface area contributed by atoms with Crippen LogP contribution in [-0.2, 0) is 11.2 Å². The molecule has 1 amide bonds. The van der Waals surface area contributed by atoms with Crippen LogP contribution in [-0.4, -0.2) is 48.2 Å². The van der Waals surface area contributed by atoms with E-state index in [-0.39, 0.29) is 11.9 Å². The molecule has 3 atom stereocenters. The molecular formula is C27H31BrN4O. The molecule has 0 bridgehead atoms. The lowest BCUT2D eigenvalue weighted by molar-refractivity contribution is -0.125. The number of nitrogens with zero attached hydrogens (tertiary/aromatic N) is 4. The molecule has 2 fully saturated rings. The van der Waals surface area contributed by atoms with Gasteiger partial charge in [0, 0.05) is 22.7 Å². The van der Waals surface area contributed by atoms with E-state index in [2.05, 4.69) is 50.9 Å². The lowest BCUT2D eigenvalue weighted by Crippen LogP contribution is -2.64. The maximum absolute atomic E-state index is 14.3. The predicted molar refractivity (Wildman–Crippen MR) is 137 cm³/mol. The molecule has 6 rings (SSSR count). The molecule has 2 aromatic rings. The summed E-state index contributed by atoms with van der Waals surface area (Å²) >= 11 is 3.67. The van der Waals surface area contributed by atoms with Crippen molar-refractivity contribution in [1.82, 2.24) is 4.90 Å². The van der Waals surface area contributed by atoms with Crippen molar-refractivity contribution in [2.75, 3.05) is 29.5 Å². The van der Waals surface area contributed by atoms with Gasteiger partial charge in [-0.05, 0) is 88.0 Å². The number of amides is 1. The van der Waals surface area contributed by atoms with Gasteiger partial charge in [0.25, 0.3) is 5.91 Å². The zero-order chi connectivity index (χ0) is 22.6. The van der Waals surface area contributed by atoms with Crippen LogP contribution in [0, 0.1) is 5.41 Å². The van der Waals surface area contributed by atoms with Crippen LogP contribution in [0.5, 0.6) is 0 Å². The average Bonchev–Trinajstić information content (AvgIpc) is 3.10. The number of carbonyl (C=O) groups excluding carboxylic acids is 1. The van der Waals surface area contributed by atoms with Crippen molar-refractivity contribution in [2.45, 2.75) is 57.5 Å². The van der Waals surface area contributed by atoms with Crippen LogP contribution in [0.2, 0.25) is 0 Å². The van der Waals surface area contributed by atoms with E-state index in [0.717, 1.165) is 35.3 Å². The summed E-state index contributed by atoms with van der Waals surface area (Å²) in [7, 11) is 0. The van der Waals surface area contributed by atoms with Crippen molar-refractivity contribution >= 4 is 38.9 Å². The number of hydrogen-bond donors (Lipinski definition) is 0. The Labute approximate surface area is 204 Å². The Morgan fingerprint density at radius 3 is 2.61 bits per heavy atom. The molecule has 0 N–H and O–H groups in total. The summed E-state index contributed by atoms with van der Waals surface area (Å²) in [6.07, 6.45) is 6.85. The first-order valence-electron chi connectivity index (χ1n) is 12.3. The monoisotopic (exact) mass is 506 g/mol. The van der Waals surface area contributed by atoms with Crippen molar-refractivity contribution in [3.05, 3.63) is 58.6 Å². The molecule has 2 aromatic carbocycles. The average molecular weight is 507 g/mol. The van der Waals surface area contributed by atoms with Crippen LogP contribution in [0.15, 0.2) is 58.1 Å². The fourth-order valence-electron chi connectivity index (χ4n) is 6.67. The van der Waals surface area contributed by atoms with Gasteiger partial charge < -0.3 is 9.80 Å². The van der Waals surface area contributed by atoms with Crippen molar-refractivity contribution in [3.63, 3.8) is 0 Å². The van der Waals surface area contributed by atoms with Gasteiger partial charge in [0.05, 0.1) is 17.4 Å². The van der Waals surface area contributed by atoms with E-state index in [4.69, 9.17) is 5.10 Å². The van der Waals surface area contributed by atoms with Gasteiger partial charge in [0.1, 0.15) is 5.41 Å². The van der Waals surface area contributed by atoms with Crippen LogP contribution in [0.1, 0.15) is 44.6 Å². The molecule has 0 aliphatic carbocycles. The fraction of sp³-hybridized carbons (Fsp3) is 0.481. The standard InChI is InChI=1S/C27H31BrN4O/c1-19-27(26(33)32(29-19)22-8-4-2-5-9-22)18-20-16-21(28)10-11-24(20)31-15-12-23(17-25(27)31)30-13-6-3-7-14-30/h2,4-5,8-11,16,23,25H,3,6-7,12-15,17-18H2,1H3/t23-,25-,27-/m1/s1. The summed E-state index contributed by atoms with van der Waals surface area (Å²) in [5, 5.41) is 6.56. The second-order valence-corrected chi connectivity index (χ2v) is 11.0. The van der Waals surface area contributed by atoms with Gasteiger partial charge in [0.2, 0.25) is 0 Å². The van der Waals surface area contributed by atoms with Crippen molar-refractivity contribution in [1.29, 1.82) is 0 Å². The smallest absolute Gasteiger partial charge is 0.261 e. The highest BCUT2D eigenvalue weighted by molar-refractivity contribution is 9.10. The minimum Gasteiger partial charge on any atom is -0.367 e. The second-order valence-electron chi connectivity index (χ2n) is 10.0. The molecule has 4 heterocycles. The number of para-hydroxylation sites is 1. The second kappa shape index (κ2) is 8.24. The Balaban J connectivity index is 1.43. The van der Waals surface area contributed by atoms with Crippen LogP contribution < -0.4 is 9.91 Å². The van der Waals surface area contributed by atoms with Gasteiger partial charge in [-0.15, -0.1) is 0 Å². The molecule has 5 nitrogen and oxygen atoms in total. The minimum absolute atomic E-state index is 0.131. The van der Waals surface area contributed by atoms with Crippen LogP contribution in [0.25, 0.3) is 0 Å². The molecule has 0 unspecified atom stereocenters. The fourth-order valence-corrected chi connectivity index (χ4v) is 7.08. The molecule has 6 heteroatoms. The topological polar surface area (TPSA) is 39.2 Å². The highest BCUT2D eigenvalue weighted by Crippen LogP contribution is 2.50. The Bertz CT molecular complexity index is 1100. The normalized spacial score (nSPS) is 29.8. The number of anilines is 2. The van der Waals surface area contributed by atoms with E-state index in [1.807, 2.05) is 30.3 Å². The molecule has 0 radical (unpaired) electrons. The number of halogens is 1. The molecule has 1 spiro atoms. The van der Waals surface area contributed by atoms with Gasteiger partial charge in [-0.2, -0.15) is 10.1 Å². The lowest BCUT2D eigenvalue weighted by atomic mass is 9.65. The maximum atomic E-state index is 14.3. The van der Waals surface area contributed by atoms with E-state index in [1.54, 1.807) is 5.01 Å². The summed E-state index contributed by atoms with van der Waals surface area (Å²) in [5.74, 6) is 0.131. The molecule has 4 aliphatic rings. The zero-order valence-electron chi connectivity index (χ0n) is 19.2. The Kier molecular flexibility index (Phi) is 5.33. The maximum Gasteiger partial charge on any atom is 0.261 e. The van der Waals surface area contributed by atoms with E-state index in [1.165, 1.54) is 43.6 Å². The first-order valence-corrected chi connectivity index (χ1v) is 13.1. The van der Waals surface area contributed by atoms with Crippen LogP contribution >= 0.6 is 15.9 Å². The van der Waals surface area contributed by atoms with Crippen LogP contribution in [0.3, 0.4) is 0 Å². The third kappa shape index (κ3) is 3.36. The first-order chi connectivity index (χ1) is 16.1. The number of hydrogen-bond acceptors (Lipinski definition) is 4. The number of likely N-dealkylation sites (tertiary alicyclic amines) is 1. The third-order valence-corrected chi connectivity index (χ3v) is 8.83. The van der Waals surface area contributed by atoms with Gasteiger partial charge in [-0.25, -0.2) is 0 Å². The molecular weight excluding hydrogens is 476 g/mol. The predicted octanol–water partition coefficient (Wildman–Crippen LogP) is 5.24. The summed E-state index contributed by atoms with van der Waals surface area (Å²) in [4.78, 5) is 19.5. The van der Waals surface area contributed by atoms with E-state index >= 15 is 0 Å². The minimum atomic E-state index is -0.613. The molecule has 0 aromatic heterocycles.